The first-order valence-corrected chi connectivity index (χ1v) is 6.89. The Kier molecular flexibility index (Phi) is 4.45. The van der Waals surface area contributed by atoms with Crippen molar-refractivity contribution in [1.82, 2.24) is 15.1 Å². The molecule has 0 fully saturated rings. The van der Waals surface area contributed by atoms with Crippen LogP contribution in [0.2, 0.25) is 5.02 Å². The monoisotopic (exact) mass is 291 g/mol. The van der Waals surface area contributed by atoms with E-state index in [0.29, 0.717) is 17.1 Å². The molecule has 0 bridgehead atoms. The first-order valence-electron chi connectivity index (χ1n) is 6.52. The summed E-state index contributed by atoms with van der Waals surface area (Å²) in [4.78, 5) is 12.0. The van der Waals surface area contributed by atoms with Crippen molar-refractivity contribution in [3.8, 4) is 0 Å². The van der Waals surface area contributed by atoms with Crippen LogP contribution < -0.4 is 5.32 Å². The van der Waals surface area contributed by atoms with Crippen LogP contribution in [-0.2, 0) is 13.5 Å². The Hall–Kier alpha value is -1.81. The topological polar surface area (TPSA) is 46.9 Å². The van der Waals surface area contributed by atoms with Gasteiger partial charge in [-0.1, -0.05) is 17.7 Å². The Morgan fingerprint density at radius 1 is 1.40 bits per heavy atom. The van der Waals surface area contributed by atoms with Crippen LogP contribution in [0.3, 0.4) is 0 Å². The third kappa shape index (κ3) is 3.20. The maximum atomic E-state index is 12.0. The first-order chi connectivity index (χ1) is 9.49. The van der Waals surface area contributed by atoms with Crippen molar-refractivity contribution in [3.05, 3.63) is 51.8 Å². The predicted octanol–water partition coefficient (Wildman–Crippen LogP) is 2.66. The number of carbonyl (C=O) groups excluding carboxylic acids is 1. The smallest absolute Gasteiger partial charge is 0.251 e. The van der Waals surface area contributed by atoms with Gasteiger partial charge in [0, 0.05) is 29.9 Å². The number of nitrogens with zero attached hydrogens (tertiary/aromatic N) is 2. The van der Waals surface area contributed by atoms with Gasteiger partial charge in [0.25, 0.3) is 5.91 Å². The second-order valence-electron chi connectivity index (χ2n) is 4.79. The van der Waals surface area contributed by atoms with E-state index in [2.05, 4.69) is 10.4 Å². The standard InChI is InChI=1S/C15H18ClN3O/c1-10-14(11(2)19(3)18-10)7-8-17-15(20)12-5-4-6-13(16)9-12/h4-6,9H,7-8H2,1-3H3,(H,17,20). The van der Waals surface area contributed by atoms with E-state index in [-0.39, 0.29) is 5.91 Å². The van der Waals surface area contributed by atoms with Crippen molar-refractivity contribution in [1.29, 1.82) is 0 Å². The molecule has 0 aliphatic rings. The van der Waals surface area contributed by atoms with Gasteiger partial charge in [0.2, 0.25) is 0 Å². The van der Waals surface area contributed by atoms with Crippen molar-refractivity contribution >= 4 is 17.5 Å². The van der Waals surface area contributed by atoms with Gasteiger partial charge >= 0.3 is 0 Å². The zero-order valence-corrected chi connectivity index (χ0v) is 12.7. The normalized spacial score (nSPS) is 10.6. The highest BCUT2D eigenvalue weighted by Crippen LogP contribution is 2.13. The second kappa shape index (κ2) is 6.09. The molecule has 2 aromatic rings. The number of nitrogens with one attached hydrogen (secondary N) is 1. The number of rotatable bonds is 4. The molecule has 1 aromatic heterocycles. The SMILES string of the molecule is Cc1nn(C)c(C)c1CCNC(=O)c1cccc(Cl)c1. The Labute approximate surface area is 123 Å². The highest BCUT2D eigenvalue weighted by atomic mass is 35.5. The molecule has 1 aromatic carbocycles. The van der Waals surface area contributed by atoms with E-state index in [9.17, 15) is 4.79 Å². The van der Waals surface area contributed by atoms with Gasteiger partial charge in [-0.05, 0) is 44.0 Å². The van der Waals surface area contributed by atoms with Crippen molar-refractivity contribution in [2.45, 2.75) is 20.3 Å². The number of aromatic nitrogens is 2. The zero-order valence-electron chi connectivity index (χ0n) is 11.9. The molecule has 0 radical (unpaired) electrons. The number of carbonyl (C=O) groups is 1. The number of aryl methyl sites for hydroxylation is 2. The molecular weight excluding hydrogens is 274 g/mol. The van der Waals surface area contributed by atoms with E-state index in [4.69, 9.17) is 11.6 Å². The molecular formula is C15H18ClN3O. The highest BCUT2D eigenvalue weighted by molar-refractivity contribution is 6.30. The van der Waals surface area contributed by atoms with Crippen LogP contribution in [0, 0.1) is 13.8 Å². The molecule has 4 nitrogen and oxygen atoms in total. The molecule has 106 valence electrons. The van der Waals surface area contributed by atoms with Crippen LogP contribution in [0.1, 0.15) is 27.3 Å². The Bertz CT molecular complexity index is 634. The average Bonchev–Trinajstić information content (AvgIpc) is 2.65. The summed E-state index contributed by atoms with van der Waals surface area (Å²) < 4.78 is 1.86. The van der Waals surface area contributed by atoms with Crippen molar-refractivity contribution in [2.24, 2.45) is 7.05 Å². The third-order valence-corrected chi connectivity index (χ3v) is 3.64. The van der Waals surface area contributed by atoms with Crippen LogP contribution in [0.15, 0.2) is 24.3 Å². The van der Waals surface area contributed by atoms with Crippen LogP contribution in [-0.4, -0.2) is 22.2 Å². The van der Waals surface area contributed by atoms with Gasteiger partial charge in [-0.3, -0.25) is 9.48 Å². The summed E-state index contributed by atoms with van der Waals surface area (Å²) in [5, 5.41) is 7.83. The minimum atomic E-state index is -0.105. The minimum Gasteiger partial charge on any atom is -0.352 e. The lowest BCUT2D eigenvalue weighted by molar-refractivity contribution is 0.0954. The number of hydrogen-bond donors (Lipinski definition) is 1. The summed E-state index contributed by atoms with van der Waals surface area (Å²) in [5.41, 5.74) is 3.93. The van der Waals surface area contributed by atoms with Crippen LogP contribution >= 0.6 is 11.6 Å². The lowest BCUT2D eigenvalue weighted by atomic mass is 10.1. The lowest BCUT2D eigenvalue weighted by Crippen LogP contribution is -2.25. The average molecular weight is 292 g/mol. The maximum Gasteiger partial charge on any atom is 0.251 e. The van der Waals surface area contributed by atoms with Gasteiger partial charge in [0.15, 0.2) is 0 Å². The molecule has 5 heteroatoms. The number of amides is 1. The lowest BCUT2D eigenvalue weighted by Gasteiger charge is -2.06. The molecule has 0 atom stereocenters. The summed E-state index contributed by atoms with van der Waals surface area (Å²) in [5.74, 6) is -0.105. The van der Waals surface area contributed by atoms with E-state index in [1.165, 1.54) is 5.56 Å². The predicted molar refractivity (Wildman–Crippen MR) is 80.2 cm³/mol. The van der Waals surface area contributed by atoms with E-state index in [1.807, 2.05) is 25.6 Å². The quantitative estimate of drug-likeness (QED) is 0.941. The number of halogens is 1. The molecule has 20 heavy (non-hydrogen) atoms. The summed E-state index contributed by atoms with van der Waals surface area (Å²) in [6.07, 6.45) is 0.776. The summed E-state index contributed by atoms with van der Waals surface area (Å²) >= 11 is 5.87. The minimum absolute atomic E-state index is 0.105. The highest BCUT2D eigenvalue weighted by Gasteiger charge is 2.10. The molecule has 0 saturated carbocycles. The fraction of sp³-hybridized carbons (Fsp3) is 0.333. The van der Waals surface area contributed by atoms with Gasteiger partial charge < -0.3 is 5.32 Å². The molecule has 1 heterocycles. The summed E-state index contributed by atoms with van der Waals surface area (Å²) in [6, 6.07) is 6.94. The Balaban J connectivity index is 1.94. The Morgan fingerprint density at radius 2 is 2.15 bits per heavy atom. The van der Waals surface area contributed by atoms with Crippen molar-refractivity contribution in [3.63, 3.8) is 0 Å². The van der Waals surface area contributed by atoms with Crippen molar-refractivity contribution in [2.75, 3.05) is 6.54 Å². The third-order valence-electron chi connectivity index (χ3n) is 3.41. The van der Waals surface area contributed by atoms with E-state index in [0.717, 1.165) is 17.8 Å². The zero-order chi connectivity index (χ0) is 14.7. The molecule has 2 rings (SSSR count). The molecule has 0 saturated heterocycles. The molecule has 0 aliphatic carbocycles. The fourth-order valence-electron chi connectivity index (χ4n) is 2.21. The largest absolute Gasteiger partial charge is 0.352 e. The van der Waals surface area contributed by atoms with Gasteiger partial charge in [-0.15, -0.1) is 0 Å². The molecule has 0 spiro atoms. The van der Waals surface area contributed by atoms with E-state index >= 15 is 0 Å². The van der Waals surface area contributed by atoms with Gasteiger partial charge in [-0.25, -0.2) is 0 Å². The van der Waals surface area contributed by atoms with Gasteiger partial charge in [0.1, 0.15) is 0 Å². The molecule has 1 amide bonds. The number of benzene rings is 1. The molecule has 0 aliphatic heterocycles. The molecule has 0 unspecified atom stereocenters. The van der Waals surface area contributed by atoms with Crippen LogP contribution in [0.5, 0.6) is 0 Å². The summed E-state index contributed by atoms with van der Waals surface area (Å²) in [6.45, 7) is 4.61. The number of hydrogen-bond acceptors (Lipinski definition) is 2. The fourth-order valence-corrected chi connectivity index (χ4v) is 2.40. The van der Waals surface area contributed by atoms with E-state index in [1.54, 1.807) is 24.3 Å². The van der Waals surface area contributed by atoms with Crippen molar-refractivity contribution < 1.29 is 4.79 Å². The summed E-state index contributed by atoms with van der Waals surface area (Å²) in [7, 11) is 1.93. The van der Waals surface area contributed by atoms with Gasteiger partial charge in [-0.2, -0.15) is 5.10 Å². The van der Waals surface area contributed by atoms with Crippen LogP contribution in [0.25, 0.3) is 0 Å². The molecule has 1 N–H and O–H groups in total. The van der Waals surface area contributed by atoms with Gasteiger partial charge in [0.05, 0.1) is 5.69 Å². The first kappa shape index (κ1) is 14.6. The maximum absolute atomic E-state index is 12.0. The second-order valence-corrected chi connectivity index (χ2v) is 5.23. The Morgan fingerprint density at radius 3 is 2.75 bits per heavy atom. The van der Waals surface area contributed by atoms with Crippen LogP contribution in [0.4, 0.5) is 0 Å². The van der Waals surface area contributed by atoms with E-state index < -0.39 is 0 Å².